The fourth-order valence-corrected chi connectivity index (χ4v) is 1.67. The standard InChI is InChI=1S/C10H9F3N4/c11-10(12,13)6-1-7(2-6)17-9-5-15-8(3-14)4-16-9/h4-7H,1-2H2,(H,16,17)/t6-,7+. The fraction of sp³-hybridized carbons (Fsp3) is 0.500. The van der Waals surface area contributed by atoms with E-state index in [1.165, 1.54) is 12.4 Å². The summed E-state index contributed by atoms with van der Waals surface area (Å²) in [6, 6.07) is 1.59. The molecule has 1 fully saturated rings. The number of nitrogens with one attached hydrogen (secondary N) is 1. The number of halogens is 3. The number of hydrogen-bond acceptors (Lipinski definition) is 4. The van der Waals surface area contributed by atoms with Crippen LogP contribution in [0.3, 0.4) is 0 Å². The summed E-state index contributed by atoms with van der Waals surface area (Å²) >= 11 is 0. The molecule has 4 nitrogen and oxygen atoms in total. The topological polar surface area (TPSA) is 61.6 Å². The first-order valence-electron chi connectivity index (χ1n) is 5.04. The van der Waals surface area contributed by atoms with Crippen LogP contribution in [0.15, 0.2) is 12.4 Å². The van der Waals surface area contributed by atoms with Crippen LogP contribution in [-0.2, 0) is 0 Å². The van der Waals surface area contributed by atoms with Crippen LogP contribution in [0.5, 0.6) is 0 Å². The monoisotopic (exact) mass is 242 g/mol. The molecule has 1 aromatic heterocycles. The molecule has 1 aliphatic rings. The number of anilines is 1. The van der Waals surface area contributed by atoms with Gasteiger partial charge in [0, 0.05) is 6.04 Å². The average Bonchev–Trinajstić information content (AvgIpc) is 2.22. The molecule has 7 heteroatoms. The molecule has 0 amide bonds. The van der Waals surface area contributed by atoms with Crippen LogP contribution in [0.25, 0.3) is 0 Å². The lowest BCUT2D eigenvalue weighted by Crippen LogP contribution is -2.43. The van der Waals surface area contributed by atoms with E-state index in [1.807, 2.05) is 6.07 Å². The zero-order valence-corrected chi connectivity index (χ0v) is 8.70. The third-order valence-corrected chi connectivity index (χ3v) is 2.72. The summed E-state index contributed by atoms with van der Waals surface area (Å²) in [6.07, 6.45) is -1.35. The molecular formula is C10H9F3N4. The molecule has 0 atom stereocenters. The smallest absolute Gasteiger partial charge is 0.366 e. The minimum absolute atomic E-state index is 0.0607. The maximum absolute atomic E-state index is 12.2. The predicted octanol–water partition coefficient (Wildman–Crippen LogP) is 2.10. The Bertz CT molecular complexity index is 428. The average molecular weight is 242 g/mol. The zero-order chi connectivity index (χ0) is 12.5. The maximum atomic E-state index is 12.2. The third-order valence-electron chi connectivity index (χ3n) is 2.72. The van der Waals surface area contributed by atoms with Crippen molar-refractivity contribution in [3.05, 3.63) is 18.1 Å². The Morgan fingerprint density at radius 1 is 1.29 bits per heavy atom. The first-order chi connectivity index (χ1) is 7.99. The van der Waals surface area contributed by atoms with Crippen LogP contribution in [0.1, 0.15) is 18.5 Å². The molecule has 1 N–H and O–H groups in total. The number of hydrogen-bond donors (Lipinski definition) is 1. The van der Waals surface area contributed by atoms with Gasteiger partial charge in [-0.3, -0.25) is 0 Å². The van der Waals surface area contributed by atoms with E-state index in [2.05, 4.69) is 15.3 Å². The first kappa shape index (κ1) is 11.6. The molecule has 2 rings (SSSR count). The molecule has 90 valence electrons. The van der Waals surface area contributed by atoms with E-state index in [0.717, 1.165) is 0 Å². The van der Waals surface area contributed by atoms with Gasteiger partial charge in [0.2, 0.25) is 0 Å². The van der Waals surface area contributed by atoms with Crippen molar-refractivity contribution in [3.8, 4) is 6.07 Å². The second-order valence-corrected chi connectivity index (χ2v) is 3.95. The maximum Gasteiger partial charge on any atom is 0.391 e. The second kappa shape index (κ2) is 4.20. The number of nitriles is 1. The van der Waals surface area contributed by atoms with Gasteiger partial charge in [0.25, 0.3) is 0 Å². The van der Waals surface area contributed by atoms with Crippen molar-refractivity contribution in [1.82, 2.24) is 9.97 Å². The molecular weight excluding hydrogens is 233 g/mol. The van der Waals surface area contributed by atoms with E-state index >= 15 is 0 Å². The Labute approximate surface area is 95.5 Å². The highest BCUT2D eigenvalue weighted by Crippen LogP contribution is 2.41. The van der Waals surface area contributed by atoms with Gasteiger partial charge in [-0.1, -0.05) is 0 Å². The van der Waals surface area contributed by atoms with Crippen LogP contribution in [0, 0.1) is 17.2 Å². The molecule has 1 aromatic rings. The van der Waals surface area contributed by atoms with E-state index in [1.54, 1.807) is 0 Å². The number of rotatable bonds is 2. The van der Waals surface area contributed by atoms with Gasteiger partial charge < -0.3 is 5.32 Å². The largest absolute Gasteiger partial charge is 0.391 e. The van der Waals surface area contributed by atoms with Crippen molar-refractivity contribution in [2.45, 2.75) is 25.1 Å². The van der Waals surface area contributed by atoms with Gasteiger partial charge in [-0.2, -0.15) is 18.4 Å². The van der Waals surface area contributed by atoms with Crippen molar-refractivity contribution in [2.75, 3.05) is 5.32 Å². The zero-order valence-electron chi connectivity index (χ0n) is 8.70. The van der Waals surface area contributed by atoms with Gasteiger partial charge in [-0.25, -0.2) is 9.97 Å². The summed E-state index contributed by atoms with van der Waals surface area (Å²) in [4.78, 5) is 7.65. The van der Waals surface area contributed by atoms with Crippen LogP contribution >= 0.6 is 0 Å². The number of alkyl halides is 3. The molecule has 1 saturated carbocycles. The molecule has 0 aromatic carbocycles. The summed E-state index contributed by atoms with van der Waals surface area (Å²) in [5.74, 6) is -0.819. The molecule has 0 bridgehead atoms. The van der Waals surface area contributed by atoms with Crippen molar-refractivity contribution >= 4 is 5.82 Å². The van der Waals surface area contributed by atoms with Gasteiger partial charge >= 0.3 is 6.18 Å². The lowest BCUT2D eigenvalue weighted by molar-refractivity contribution is -0.195. The Morgan fingerprint density at radius 2 is 2.00 bits per heavy atom. The first-order valence-corrected chi connectivity index (χ1v) is 5.04. The van der Waals surface area contributed by atoms with Gasteiger partial charge in [0.05, 0.1) is 18.3 Å². The summed E-state index contributed by atoms with van der Waals surface area (Å²) in [7, 11) is 0. The van der Waals surface area contributed by atoms with E-state index in [9.17, 15) is 13.2 Å². The SMILES string of the molecule is N#Cc1cnc(N[C@H]2C[C@@H](C(F)(F)F)C2)cn1. The summed E-state index contributed by atoms with van der Waals surface area (Å²) in [5, 5.41) is 11.3. The van der Waals surface area contributed by atoms with Gasteiger partial charge in [0.1, 0.15) is 11.9 Å². The Balaban J connectivity index is 1.86. The number of aromatic nitrogens is 2. The van der Waals surface area contributed by atoms with Crippen molar-refractivity contribution in [3.63, 3.8) is 0 Å². The quantitative estimate of drug-likeness (QED) is 0.862. The molecule has 0 radical (unpaired) electrons. The van der Waals surface area contributed by atoms with Crippen LogP contribution in [-0.4, -0.2) is 22.2 Å². The number of nitrogens with zero attached hydrogens (tertiary/aromatic N) is 3. The summed E-state index contributed by atoms with van der Waals surface area (Å²) in [6.45, 7) is 0. The normalized spacial score (nSPS) is 23.6. The summed E-state index contributed by atoms with van der Waals surface area (Å²) in [5.41, 5.74) is 0.178. The fourth-order valence-electron chi connectivity index (χ4n) is 1.67. The van der Waals surface area contributed by atoms with Crippen molar-refractivity contribution in [2.24, 2.45) is 5.92 Å². The van der Waals surface area contributed by atoms with E-state index in [-0.39, 0.29) is 24.6 Å². The minimum atomic E-state index is -4.10. The highest BCUT2D eigenvalue weighted by Gasteiger charge is 2.47. The third kappa shape index (κ3) is 2.64. The molecule has 0 saturated heterocycles. The van der Waals surface area contributed by atoms with Crippen LogP contribution < -0.4 is 5.32 Å². The molecule has 1 heterocycles. The molecule has 1 aliphatic carbocycles. The second-order valence-electron chi connectivity index (χ2n) is 3.95. The van der Waals surface area contributed by atoms with Crippen LogP contribution in [0.4, 0.5) is 19.0 Å². The lowest BCUT2D eigenvalue weighted by atomic mass is 9.80. The van der Waals surface area contributed by atoms with Crippen molar-refractivity contribution < 1.29 is 13.2 Å². The highest BCUT2D eigenvalue weighted by molar-refractivity contribution is 5.35. The van der Waals surface area contributed by atoms with E-state index < -0.39 is 12.1 Å². The molecule has 0 spiro atoms. The van der Waals surface area contributed by atoms with E-state index in [0.29, 0.717) is 5.82 Å². The Hall–Kier alpha value is -1.84. The van der Waals surface area contributed by atoms with Gasteiger partial charge in [0.15, 0.2) is 5.69 Å². The molecule has 0 aliphatic heterocycles. The lowest BCUT2D eigenvalue weighted by Gasteiger charge is -2.37. The Kier molecular flexibility index (Phi) is 2.88. The summed E-state index contributed by atoms with van der Waals surface area (Å²) < 4.78 is 36.7. The van der Waals surface area contributed by atoms with E-state index in [4.69, 9.17) is 5.26 Å². The van der Waals surface area contributed by atoms with Crippen LogP contribution in [0.2, 0.25) is 0 Å². The van der Waals surface area contributed by atoms with Crippen molar-refractivity contribution in [1.29, 1.82) is 5.26 Å². The van der Waals surface area contributed by atoms with Gasteiger partial charge in [-0.05, 0) is 12.8 Å². The molecule has 17 heavy (non-hydrogen) atoms. The highest BCUT2D eigenvalue weighted by atomic mass is 19.4. The Morgan fingerprint density at radius 3 is 2.47 bits per heavy atom. The predicted molar refractivity (Wildman–Crippen MR) is 52.9 cm³/mol. The van der Waals surface area contributed by atoms with Gasteiger partial charge in [-0.15, -0.1) is 0 Å². The minimum Gasteiger partial charge on any atom is -0.366 e. The molecule has 0 unspecified atom stereocenters.